The van der Waals surface area contributed by atoms with Crippen LogP contribution in [0.5, 0.6) is 11.6 Å². The molecule has 1 aliphatic heterocycles. The summed E-state index contributed by atoms with van der Waals surface area (Å²) in [6, 6.07) is 1.94. The molecule has 1 saturated heterocycles. The fourth-order valence-electron chi connectivity index (χ4n) is 3.10. The number of rotatable bonds is 8. The third kappa shape index (κ3) is 5.69. The molecule has 11 heteroatoms. The van der Waals surface area contributed by atoms with Gasteiger partial charge in [0, 0.05) is 45.2 Å². The highest BCUT2D eigenvalue weighted by Crippen LogP contribution is 2.30. The number of ether oxygens (including phenoxy) is 3. The Morgan fingerprint density at radius 2 is 1.97 bits per heavy atom. The van der Waals surface area contributed by atoms with Crippen LogP contribution in [0, 0.1) is 18.6 Å². The summed E-state index contributed by atoms with van der Waals surface area (Å²) in [4.78, 5) is 20.6. The first-order chi connectivity index (χ1) is 14.9. The Morgan fingerprint density at radius 3 is 2.65 bits per heavy atom. The summed E-state index contributed by atoms with van der Waals surface area (Å²) in [5, 5.41) is 11.8. The number of methoxy groups -OCH3 is 1. The van der Waals surface area contributed by atoms with Crippen molar-refractivity contribution in [2.24, 2.45) is 0 Å². The summed E-state index contributed by atoms with van der Waals surface area (Å²) in [5.74, 6) is -1.09. The lowest BCUT2D eigenvalue weighted by Gasteiger charge is -2.30. The van der Waals surface area contributed by atoms with E-state index in [2.05, 4.69) is 15.3 Å². The highest BCUT2D eigenvalue weighted by Gasteiger charge is 2.24. The van der Waals surface area contributed by atoms with E-state index in [1.807, 2.05) is 0 Å². The van der Waals surface area contributed by atoms with Gasteiger partial charge in [0.2, 0.25) is 5.88 Å². The fourth-order valence-corrected chi connectivity index (χ4v) is 3.10. The number of nitrogens with one attached hydrogen (secondary N) is 1. The van der Waals surface area contributed by atoms with Crippen LogP contribution in [0.25, 0.3) is 0 Å². The number of nitrogens with zero attached hydrogens (tertiary/aromatic N) is 3. The molecule has 31 heavy (non-hydrogen) atoms. The van der Waals surface area contributed by atoms with Gasteiger partial charge < -0.3 is 29.5 Å². The van der Waals surface area contributed by atoms with Gasteiger partial charge in [-0.05, 0) is 6.92 Å². The van der Waals surface area contributed by atoms with E-state index in [4.69, 9.17) is 19.3 Å². The van der Waals surface area contributed by atoms with Crippen LogP contribution in [0.15, 0.2) is 18.5 Å². The topological polar surface area (TPSA) is 106 Å². The fraction of sp³-hybridized carbons (Fsp3) is 0.450. The number of piperidine rings is 1. The van der Waals surface area contributed by atoms with E-state index >= 15 is 0 Å². The Labute approximate surface area is 178 Å². The molecule has 9 nitrogen and oxygen atoms in total. The van der Waals surface area contributed by atoms with Crippen LogP contribution < -0.4 is 14.8 Å². The van der Waals surface area contributed by atoms with Gasteiger partial charge in [0.05, 0.1) is 17.9 Å². The third-order valence-electron chi connectivity index (χ3n) is 4.85. The molecular weight excluding hydrogens is 414 g/mol. The number of amides is 1. The van der Waals surface area contributed by atoms with E-state index in [1.165, 1.54) is 18.3 Å². The number of benzene rings is 1. The van der Waals surface area contributed by atoms with Crippen LogP contribution in [0.3, 0.4) is 0 Å². The second kappa shape index (κ2) is 10.2. The van der Waals surface area contributed by atoms with Crippen molar-refractivity contribution in [3.63, 3.8) is 0 Å². The first-order valence-electron chi connectivity index (χ1n) is 9.73. The van der Waals surface area contributed by atoms with Gasteiger partial charge in [0.25, 0.3) is 0 Å². The molecule has 0 aliphatic carbocycles. The molecule has 2 heterocycles. The largest absolute Gasteiger partial charge is 0.488 e. The maximum atomic E-state index is 14.5. The van der Waals surface area contributed by atoms with Gasteiger partial charge in [-0.2, -0.15) is 0 Å². The molecule has 2 N–H and O–H groups in total. The summed E-state index contributed by atoms with van der Waals surface area (Å²) < 4.78 is 44.6. The van der Waals surface area contributed by atoms with Crippen molar-refractivity contribution >= 4 is 17.6 Å². The number of likely N-dealkylation sites (tertiary alicyclic amines) is 1. The predicted molar refractivity (Wildman–Crippen MR) is 107 cm³/mol. The highest BCUT2D eigenvalue weighted by molar-refractivity contribution is 5.65. The Bertz CT molecular complexity index is 923. The minimum absolute atomic E-state index is 0.0940. The molecule has 3 rings (SSSR count). The molecule has 0 saturated carbocycles. The van der Waals surface area contributed by atoms with E-state index in [0.29, 0.717) is 37.4 Å². The summed E-state index contributed by atoms with van der Waals surface area (Å²) in [5.41, 5.74) is 0.405. The first kappa shape index (κ1) is 22.5. The van der Waals surface area contributed by atoms with Crippen LogP contribution in [-0.4, -0.2) is 65.6 Å². The van der Waals surface area contributed by atoms with E-state index in [9.17, 15) is 13.6 Å². The lowest BCUT2D eigenvalue weighted by molar-refractivity contribution is 0.0866. The maximum absolute atomic E-state index is 14.5. The first-order valence-corrected chi connectivity index (χ1v) is 9.73. The van der Waals surface area contributed by atoms with Crippen molar-refractivity contribution in [2.45, 2.75) is 25.9 Å². The average molecular weight is 438 g/mol. The van der Waals surface area contributed by atoms with Gasteiger partial charge in [-0.25, -0.2) is 23.5 Å². The van der Waals surface area contributed by atoms with Crippen molar-refractivity contribution in [1.82, 2.24) is 14.9 Å². The van der Waals surface area contributed by atoms with E-state index in [0.717, 1.165) is 12.1 Å². The van der Waals surface area contributed by atoms with E-state index in [-0.39, 0.29) is 36.6 Å². The average Bonchev–Trinajstić information content (AvgIpc) is 2.74. The molecule has 1 amide bonds. The van der Waals surface area contributed by atoms with Crippen LogP contribution in [0.2, 0.25) is 0 Å². The molecule has 1 aliphatic rings. The minimum Gasteiger partial charge on any atom is -0.488 e. The quantitative estimate of drug-likeness (QED) is 0.605. The van der Waals surface area contributed by atoms with Gasteiger partial charge in [0.1, 0.15) is 24.9 Å². The van der Waals surface area contributed by atoms with Crippen molar-refractivity contribution in [2.75, 3.05) is 38.7 Å². The normalized spacial score (nSPS) is 14.4. The zero-order valence-corrected chi connectivity index (χ0v) is 17.2. The maximum Gasteiger partial charge on any atom is 0.407 e. The van der Waals surface area contributed by atoms with Crippen LogP contribution in [-0.2, 0) is 4.74 Å². The summed E-state index contributed by atoms with van der Waals surface area (Å²) in [6.07, 6.45) is 1.17. The zero-order valence-electron chi connectivity index (χ0n) is 17.2. The number of aromatic nitrogens is 2. The Kier molecular flexibility index (Phi) is 7.40. The van der Waals surface area contributed by atoms with Gasteiger partial charge >= 0.3 is 6.09 Å². The number of halogens is 2. The standard InChI is InChI=1S/C20H24F2N4O5/c1-12-18(25-16-9-15(22)17(10-14(16)21)30-8-7-29-2)23-11-24-19(12)31-13-3-5-26(6-4-13)20(27)28/h9-11,13H,3-8H2,1-2H3,(H,27,28)(H,23,24,25). The molecule has 0 radical (unpaired) electrons. The van der Waals surface area contributed by atoms with Gasteiger partial charge in [-0.3, -0.25) is 0 Å². The smallest absolute Gasteiger partial charge is 0.407 e. The number of carbonyl (C=O) groups is 1. The summed E-state index contributed by atoms with van der Waals surface area (Å²) in [7, 11) is 1.48. The van der Waals surface area contributed by atoms with Crippen LogP contribution in [0.4, 0.5) is 25.1 Å². The number of hydrogen-bond acceptors (Lipinski definition) is 7. The summed E-state index contributed by atoms with van der Waals surface area (Å²) in [6.45, 7) is 2.79. The number of hydrogen-bond donors (Lipinski definition) is 2. The van der Waals surface area contributed by atoms with Crippen molar-refractivity contribution < 1.29 is 32.9 Å². The molecule has 0 bridgehead atoms. The Balaban J connectivity index is 1.69. The lowest BCUT2D eigenvalue weighted by Crippen LogP contribution is -2.41. The second-order valence-corrected chi connectivity index (χ2v) is 6.97. The Morgan fingerprint density at radius 1 is 1.23 bits per heavy atom. The van der Waals surface area contributed by atoms with Gasteiger partial charge in [-0.15, -0.1) is 0 Å². The molecule has 1 fully saturated rings. The molecule has 0 spiro atoms. The second-order valence-electron chi connectivity index (χ2n) is 6.97. The molecular formula is C20H24F2N4O5. The van der Waals surface area contributed by atoms with Crippen LogP contribution in [0.1, 0.15) is 18.4 Å². The molecule has 168 valence electrons. The zero-order chi connectivity index (χ0) is 22.4. The molecule has 0 unspecified atom stereocenters. The molecule has 1 aromatic heterocycles. The summed E-state index contributed by atoms with van der Waals surface area (Å²) >= 11 is 0. The van der Waals surface area contributed by atoms with E-state index in [1.54, 1.807) is 6.92 Å². The molecule has 0 atom stereocenters. The molecule has 2 aromatic rings. The van der Waals surface area contributed by atoms with Crippen LogP contribution >= 0.6 is 0 Å². The lowest BCUT2D eigenvalue weighted by atomic mass is 10.1. The van der Waals surface area contributed by atoms with Gasteiger partial charge in [-0.1, -0.05) is 0 Å². The predicted octanol–water partition coefficient (Wildman–Crippen LogP) is 3.35. The van der Waals surface area contributed by atoms with Crippen molar-refractivity contribution in [3.8, 4) is 11.6 Å². The third-order valence-corrected chi connectivity index (χ3v) is 4.85. The number of carboxylic acid groups (broad SMARTS) is 1. The Hall–Kier alpha value is -3.21. The number of anilines is 2. The SMILES string of the molecule is COCCOc1cc(F)c(Nc2ncnc(OC3CCN(C(=O)O)CC3)c2C)cc1F. The highest BCUT2D eigenvalue weighted by atomic mass is 19.1. The van der Waals surface area contributed by atoms with E-state index < -0.39 is 17.7 Å². The van der Waals surface area contributed by atoms with Crippen molar-refractivity contribution in [1.29, 1.82) is 0 Å². The monoisotopic (exact) mass is 438 g/mol. The molecule has 1 aromatic carbocycles. The van der Waals surface area contributed by atoms with Crippen molar-refractivity contribution in [3.05, 3.63) is 35.7 Å². The minimum atomic E-state index is -0.951. The van der Waals surface area contributed by atoms with Gasteiger partial charge in [0.15, 0.2) is 17.4 Å².